The summed E-state index contributed by atoms with van der Waals surface area (Å²) in [6.45, 7) is 2.77. The number of benzene rings is 2. The van der Waals surface area contributed by atoms with Gasteiger partial charge in [-0.15, -0.1) is 0 Å². The van der Waals surface area contributed by atoms with Gasteiger partial charge in [0.05, 0.1) is 7.11 Å². The van der Waals surface area contributed by atoms with Crippen LogP contribution in [0, 0.1) is 12.7 Å². The zero-order valence-corrected chi connectivity index (χ0v) is 16.4. The molecule has 0 radical (unpaired) electrons. The molecular formula is C22H23FN4O2. The van der Waals surface area contributed by atoms with Crippen LogP contribution in [0.5, 0.6) is 5.75 Å². The highest BCUT2D eigenvalue weighted by molar-refractivity contribution is 5.92. The van der Waals surface area contributed by atoms with E-state index >= 15 is 0 Å². The molecule has 0 bridgehead atoms. The minimum absolute atomic E-state index is 0.256. The zero-order valence-electron chi connectivity index (χ0n) is 16.4. The monoisotopic (exact) mass is 394 g/mol. The SMILES string of the molecule is COc1ccc(CNC(=O)c2cc(C)nc(NCCc3ccc(F)cc3)n2)cc1. The van der Waals surface area contributed by atoms with E-state index in [-0.39, 0.29) is 11.7 Å². The quantitative estimate of drug-likeness (QED) is 0.611. The zero-order chi connectivity index (χ0) is 20.6. The Hall–Kier alpha value is -3.48. The lowest BCUT2D eigenvalue weighted by molar-refractivity contribution is 0.0945. The van der Waals surface area contributed by atoms with Crippen LogP contribution in [0.2, 0.25) is 0 Å². The molecule has 1 amide bonds. The molecule has 0 fully saturated rings. The summed E-state index contributed by atoms with van der Waals surface area (Å²) < 4.78 is 18.1. The van der Waals surface area contributed by atoms with Crippen molar-refractivity contribution >= 4 is 11.9 Å². The van der Waals surface area contributed by atoms with Crippen molar-refractivity contribution in [2.75, 3.05) is 19.0 Å². The summed E-state index contributed by atoms with van der Waals surface area (Å²) >= 11 is 0. The van der Waals surface area contributed by atoms with Crippen molar-refractivity contribution in [1.82, 2.24) is 15.3 Å². The average Bonchev–Trinajstić information content (AvgIpc) is 2.73. The lowest BCUT2D eigenvalue weighted by atomic mass is 10.1. The fraction of sp³-hybridized carbons (Fsp3) is 0.227. The maximum Gasteiger partial charge on any atom is 0.270 e. The lowest BCUT2D eigenvalue weighted by Gasteiger charge is -2.09. The normalized spacial score (nSPS) is 10.4. The minimum Gasteiger partial charge on any atom is -0.497 e. The van der Waals surface area contributed by atoms with Gasteiger partial charge in [0.2, 0.25) is 5.95 Å². The van der Waals surface area contributed by atoms with Gasteiger partial charge in [-0.25, -0.2) is 14.4 Å². The predicted molar refractivity (Wildman–Crippen MR) is 110 cm³/mol. The highest BCUT2D eigenvalue weighted by atomic mass is 19.1. The molecule has 3 aromatic rings. The van der Waals surface area contributed by atoms with Crippen molar-refractivity contribution in [3.05, 3.63) is 82.9 Å². The third-order valence-electron chi connectivity index (χ3n) is 4.31. The first-order chi connectivity index (χ1) is 14.0. The number of aromatic nitrogens is 2. The van der Waals surface area contributed by atoms with Crippen LogP contribution in [0.3, 0.4) is 0 Å². The Balaban J connectivity index is 1.56. The number of carbonyl (C=O) groups is 1. The van der Waals surface area contributed by atoms with Crippen LogP contribution in [0.25, 0.3) is 0 Å². The Morgan fingerprint density at radius 1 is 1.03 bits per heavy atom. The van der Waals surface area contributed by atoms with E-state index in [2.05, 4.69) is 20.6 Å². The molecule has 3 rings (SSSR count). The van der Waals surface area contributed by atoms with Gasteiger partial charge in [-0.3, -0.25) is 4.79 Å². The first-order valence-corrected chi connectivity index (χ1v) is 9.28. The number of hydrogen-bond acceptors (Lipinski definition) is 5. The van der Waals surface area contributed by atoms with Gasteiger partial charge in [0.25, 0.3) is 5.91 Å². The second-order valence-corrected chi connectivity index (χ2v) is 6.55. The van der Waals surface area contributed by atoms with Crippen molar-refractivity contribution in [2.24, 2.45) is 0 Å². The summed E-state index contributed by atoms with van der Waals surface area (Å²) in [5.41, 5.74) is 2.96. The molecule has 0 atom stereocenters. The second kappa shape index (κ2) is 9.64. The van der Waals surface area contributed by atoms with Crippen LogP contribution in [-0.4, -0.2) is 29.5 Å². The first-order valence-electron chi connectivity index (χ1n) is 9.28. The number of amides is 1. The smallest absolute Gasteiger partial charge is 0.270 e. The minimum atomic E-state index is -0.270. The number of aryl methyl sites for hydroxylation is 1. The lowest BCUT2D eigenvalue weighted by Crippen LogP contribution is -2.24. The van der Waals surface area contributed by atoms with Crippen molar-refractivity contribution in [3.8, 4) is 5.75 Å². The maximum atomic E-state index is 13.0. The third kappa shape index (κ3) is 6.00. The molecule has 1 heterocycles. The van der Waals surface area contributed by atoms with Gasteiger partial charge >= 0.3 is 0 Å². The van der Waals surface area contributed by atoms with E-state index in [4.69, 9.17) is 4.74 Å². The predicted octanol–water partition coefficient (Wildman–Crippen LogP) is 3.52. The number of rotatable bonds is 8. The van der Waals surface area contributed by atoms with E-state index in [1.54, 1.807) is 25.3 Å². The van der Waals surface area contributed by atoms with E-state index < -0.39 is 0 Å². The van der Waals surface area contributed by atoms with Crippen LogP contribution in [0.4, 0.5) is 10.3 Å². The van der Waals surface area contributed by atoms with Gasteiger partial charge in [-0.1, -0.05) is 24.3 Å². The van der Waals surface area contributed by atoms with Gasteiger partial charge in [0.15, 0.2) is 0 Å². The van der Waals surface area contributed by atoms with E-state index in [1.165, 1.54) is 12.1 Å². The Labute approximate surface area is 169 Å². The molecule has 0 spiro atoms. The van der Waals surface area contributed by atoms with Gasteiger partial charge in [-0.2, -0.15) is 0 Å². The standard InChI is InChI=1S/C22H23FN4O2/c1-15-13-20(21(28)25-14-17-5-9-19(29-2)10-6-17)27-22(26-15)24-12-11-16-3-7-18(23)8-4-16/h3-10,13H,11-12,14H2,1-2H3,(H,25,28)(H,24,26,27). The van der Waals surface area contributed by atoms with E-state index in [0.717, 1.165) is 16.9 Å². The molecule has 1 aromatic heterocycles. The Morgan fingerprint density at radius 2 is 1.72 bits per heavy atom. The van der Waals surface area contributed by atoms with Crippen molar-refractivity contribution < 1.29 is 13.9 Å². The van der Waals surface area contributed by atoms with Crippen LogP contribution in [-0.2, 0) is 13.0 Å². The molecule has 0 aliphatic heterocycles. The number of nitrogens with one attached hydrogen (secondary N) is 2. The molecule has 0 aliphatic carbocycles. The summed E-state index contributed by atoms with van der Waals surface area (Å²) in [6, 6.07) is 15.5. The van der Waals surface area contributed by atoms with Gasteiger partial charge in [0.1, 0.15) is 17.3 Å². The third-order valence-corrected chi connectivity index (χ3v) is 4.31. The first kappa shape index (κ1) is 20.3. The number of nitrogens with zero attached hydrogens (tertiary/aromatic N) is 2. The molecule has 29 heavy (non-hydrogen) atoms. The molecule has 7 heteroatoms. The fourth-order valence-electron chi connectivity index (χ4n) is 2.75. The summed E-state index contributed by atoms with van der Waals surface area (Å²) in [6.07, 6.45) is 0.691. The number of halogens is 1. The average molecular weight is 394 g/mol. The van der Waals surface area contributed by atoms with Crippen LogP contribution < -0.4 is 15.4 Å². The highest BCUT2D eigenvalue weighted by Crippen LogP contribution is 2.12. The molecule has 0 unspecified atom stereocenters. The van der Waals surface area contributed by atoms with Crippen LogP contribution in [0.1, 0.15) is 27.3 Å². The van der Waals surface area contributed by atoms with E-state index in [9.17, 15) is 9.18 Å². The summed E-state index contributed by atoms with van der Waals surface area (Å²) in [5, 5.41) is 5.98. The highest BCUT2D eigenvalue weighted by Gasteiger charge is 2.10. The summed E-state index contributed by atoms with van der Waals surface area (Å²) in [4.78, 5) is 21.1. The maximum absolute atomic E-state index is 13.0. The number of anilines is 1. The molecule has 0 saturated heterocycles. The molecule has 0 aliphatic rings. The summed E-state index contributed by atoms with van der Waals surface area (Å²) in [7, 11) is 1.61. The topological polar surface area (TPSA) is 76.1 Å². The van der Waals surface area contributed by atoms with Crippen LogP contribution in [0.15, 0.2) is 54.6 Å². The fourth-order valence-corrected chi connectivity index (χ4v) is 2.75. The Morgan fingerprint density at radius 3 is 2.41 bits per heavy atom. The van der Waals surface area contributed by atoms with Crippen molar-refractivity contribution in [1.29, 1.82) is 0 Å². The van der Waals surface area contributed by atoms with Crippen molar-refractivity contribution in [3.63, 3.8) is 0 Å². The molecule has 150 valence electrons. The van der Waals surface area contributed by atoms with Gasteiger partial charge in [0, 0.05) is 18.8 Å². The molecule has 0 saturated carbocycles. The number of ether oxygens (including phenoxy) is 1. The van der Waals surface area contributed by atoms with Gasteiger partial charge in [-0.05, 0) is 54.8 Å². The Kier molecular flexibility index (Phi) is 6.73. The molecule has 6 nitrogen and oxygen atoms in total. The number of carbonyl (C=O) groups excluding carboxylic acids is 1. The molecular weight excluding hydrogens is 371 g/mol. The van der Waals surface area contributed by atoms with Crippen LogP contribution >= 0.6 is 0 Å². The van der Waals surface area contributed by atoms with Gasteiger partial charge < -0.3 is 15.4 Å². The number of methoxy groups -OCH3 is 1. The largest absolute Gasteiger partial charge is 0.497 e. The van der Waals surface area contributed by atoms with E-state index in [0.29, 0.717) is 36.8 Å². The second-order valence-electron chi connectivity index (χ2n) is 6.55. The molecule has 2 N–H and O–H groups in total. The summed E-state index contributed by atoms with van der Waals surface area (Å²) in [5.74, 6) is 0.631. The van der Waals surface area contributed by atoms with Crippen molar-refractivity contribution in [2.45, 2.75) is 19.9 Å². The molecule has 2 aromatic carbocycles. The number of hydrogen-bond donors (Lipinski definition) is 2. The van der Waals surface area contributed by atoms with E-state index in [1.807, 2.05) is 31.2 Å². The Bertz CT molecular complexity index is 960.